The van der Waals surface area contributed by atoms with E-state index < -0.39 is 5.97 Å². The summed E-state index contributed by atoms with van der Waals surface area (Å²) in [5.74, 6) is 1.52. The Hall–Kier alpha value is -3.31. The Labute approximate surface area is 176 Å². The Morgan fingerprint density at radius 1 is 0.867 bits per heavy atom. The molecule has 1 N–H and O–H groups in total. The van der Waals surface area contributed by atoms with E-state index in [0.717, 1.165) is 29.0 Å². The zero-order valence-electron chi connectivity index (χ0n) is 17.0. The maximum Gasteiger partial charge on any atom is 0.341 e. The van der Waals surface area contributed by atoms with E-state index in [1.165, 1.54) is 0 Å². The molecule has 0 bridgehead atoms. The van der Waals surface area contributed by atoms with E-state index >= 15 is 0 Å². The Balaban J connectivity index is 1.42. The van der Waals surface area contributed by atoms with E-state index in [2.05, 4.69) is 6.92 Å². The first-order chi connectivity index (χ1) is 14.6. The van der Waals surface area contributed by atoms with Crippen LogP contribution in [0, 0.1) is 5.92 Å². The molecular formula is C25H26O5. The Bertz CT molecular complexity index is 922. The second-order valence-electron chi connectivity index (χ2n) is 7.21. The molecule has 156 valence electrons. The van der Waals surface area contributed by atoms with Crippen LogP contribution in [0.2, 0.25) is 0 Å². The molecule has 0 amide bonds. The number of carboxylic acid groups (broad SMARTS) is 1. The number of rotatable bonds is 11. The number of hydrogen-bond donors (Lipinski definition) is 1. The molecule has 3 aromatic rings. The molecule has 0 saturated carbocycles. The number of benzene rings is 3. The van der Waals surface area contributed by atoms with Gasteiger partial charge in [-0.05, 0) is 59.9 Å². The molecule has 1 unspecified atom stereocenters. The third-order valence-corrected chi connectivity index (χ3v) is 4.42. The second-order valence-corrected chi connectivity index (χ2v) is 7.21. The fourth-order valence-corrected chi connectivity index (χ4v) is 3.03. The fraction of sp³-hybridized carbons (Fsp3) is 0.240. The van der Waals surface area contributed by atoms with Crippen LogP contribution in [0.1, 0.15) is 18.1 Å². The number of ether oxygens (including phenoxy) is 3. The minimum atomic E-state index is -0.984. The second kappa shape index (κ2) is 11.0. The molecule has 1 atom stereocenters. The highest BCUT2D eigenvalue weighted by Gasteiger charge is 2.06. The summed E-state index contributed by atoms with van der Waals surface area (Å²) >= 11 is 0. The van der Waals surface area contributed by atoms with E-state index in [0.29, 0.717) is 24.9 Å². The molecule has 0 aromatic heterocycles. The normalized spacial score (nSPS) is 11.6. The standard InChI is InChI=1S/C25H26O5/c1-19(14-20-10-12-22(13-11-20)29-18-25(26)27)16-28-17-21-6-5-9-24(15-21)30-23-7-3-2-4-8-23/h2-13,15,19H,14,16-18H2,1H3,(H,26,27). The highest BCUT2D eigenvalue weighted by Crippen LogP contribution is 2.22. The van der Waals surface area contributed by atoms with Crippen LogP contribution >= 0.6 is 0 Å². The van der Waals surface area contributed by atoms with Crippen molar-refractivity contribution in [2.45, 2.75) is 20.0 Å². The van der Waals surface area contributed by atoms with Crippen molar-refractivity contribution < 1.29 is 24.1 Å². The van der Waals surface area contributed by atoms with Gasteiger partial charge in [-0.3, -0.25) is 0 Å². The van der Waals surface area contributed by atoms with Crippen LogP contribution < -0.4 is 9.47 Å². The zero-order chi connectivity index (χ0) is 21.2. The van der Waals surface area contributed by atoms with Crippen molar-refractivity contribution >= 4 is 5.97 Å². The molecule has 0 heterocycles. The summed E-state index contributed by atoms with van der Waals surface area (Å²) in [7, 11) is 0. The van der Waals surface area contributed by atoms with Gasteiger partial charge in [-0.2, -0.15) is 0 Å². The quantitative estimate of drug-likeness (QED) is 0.466. The van der Waals surface area contributed by atoms with Crippen molar-refractivity contribution in [1.82, 2.24) is 0 Å². The summed E-state index contributed by atoms with van der Waals surface area (Å²) in [5.41, 5.74) is 2.22. The van der Waals surface area contributed by atoms with Gasteiger partial charge in [-0.1, -0.05) is 49.4 Å². The lowest BCUT2D eigenvalue weighted by Crippen LogP contribution is -2.10. The lowest BCUT2D eigenvalue weighted by atomic mass is 10.0. The van der Waals surface area contributed by atoms with Crippen molar-refractivity contribution in [1.29, 1.82) is 0 Å². The Morgan fingerprint density at radius 2 is 1.60 bits per heavy atom. The molecule has 0 aliphatic rings. The van der Waals surface area contributed by atoms with Gasteiger partial charge in [0.1, 0.15) is 17.2 Å². The number of hydrogen-bond acceptors (Lipinski definition) is 4. The SMILES string of the molecule is CC(COCc1cccc(Oc2ccccc2)c1)Cc1ccc(OCC(=O)O)cc1. The molecule has 0 saturated heterocycles. The highest BCUT2D eigenvalue weighted by molar-refractivity contribution is 5.68. The molecule has 3 rings (SSSR count). The predicted molar refractivity (Wildman–Crippen MR) is 115 cm³/mol. The topological polar surface area (TPSA) is 65.0 Å². The van der Waals surface area contributed by atoms with Crippen LogP contribution in [0.15, 0.2) is 78.9 Å². The lowest BCUT2D eigenvalue weighted by molar-refractivity contribution is -0.139. The molecule has 0 aliphatic carbocycles. The van der Waals surface area contributed by atoms with Gasteiger partial charge in [-0.15, -0.1) is 0 Å². The molecule has 0 fully saturated rings. The third kappa shape index (κ3) is 7.26. The first-order valence-electron chi connectivity index (χ1n) is 9.91. The molecule has 5 nitrogen and oxygen atoms in total. The van der Waals surface area contributed by atoms with Gasteiger partial charge in [0.25, 0.3) is 0 Å². The van der Waals surface area contributed by atoms with Crippen LogP contribution in [0.25, 0.3) is 0 Å². The molecule has 5 heteroatoms. The van der Waals surface area contributed by atoms with E-state index in [1.807, 2.05) is 66.7 Å². The van der Waals surface area contributed by atoms with Gasteiger partial charge in [-0.25, -0.2) is 4.79 Å². The maximum absolute atomic E-state index is 10.5. The first-order valence-corrected chi connectivity index (χ1v) is 9.91. The van der Waals surface area contributed by atoms with Crippen LogP contribution in [-0.2, 0) is 22.6 Å². The van der Waals surface area contributed by atoms with Crippen molar-refractivity contribution in [3.63, 3.8) is 0 Å². The summed E-state index contributed by atoms with van der Waals surface area (Å²) in [5, 5.41) is 8.65. The number of carbonyl (C=O) groups is 1. The van der Waals surface area contributed by atoms with Gasteiger partial charge in [0.05, 0.1) is 6.61 Å². The Kier molecular flexibility index (Phi) is 7.86. The van der Waals surface area contributed by atoms with Gasteiger partial charge in [0.2, 0.25) is 0 Å². The van der Waals surface area contributed by atoms with E-state index in [1.54, 1.807) is 12.1 Å². The minimum absolute atomic E-state index is 0.332. The monoisotopic (exact) mass is 406 g/mol. The molecule has 3 aromatic carbocycles. The van der Waals surface area contributed by atoms with Crippen molar-refractivity contribution in [2.75, 3.05) is 13.2 Å². The van der Waals surface area contributed by atoms with Crippen molar-refractivity contribution in [3.8, 4) is 17.2 Å². The molecule has 0 radical (unpaired) electrons. The summed E-state index contributed by atoms with van der Waals surface area (Å²) < 4.78 is 16.9. The van der Waals surface area contributed by atoms with Crippen molar-refractivity contribution in [2.24, 2.45) is 5.92 Å². The molecule has 0 spiro atoms. The van der Waals surface area contributed by atoms with E-state index in [4.69, 9.17) is 19.3 Å². The molecule has 30 heavy (non-hydrogen) atoms. The lowest BCUT2D eigenvalue weighted by Gasteiger charge is -2.13. The predicted octanol–water partition coefficient (Wildman–Crippen LogP) is 5.34. The van der Waals surface area contributed by atoms with Crippen LogP contribution in [0.3, 0.4) is 0 Å². The number of para-hydroxylation sites is 1. The number of aliphatic carboxylic acids is 1. The minimum Gasteiger partial charge on any atom is -0.482 e. The van der Waals surface area contributed by atoms with E-state index in [9.17, 15) is 4.79 Å². The summed E-state index contributed by atoms with van der Waals surface area (Å²) in [6, 6.07) is 25.1. The van der Waals surface area contributed by atoms with Gasteiger partial charge < -0.3 is 19.3 Å². The van der Waals surface area contributed by atoms with Crippen LogP contribution in [0.4, 0.5) is 0 Å². The first kappa shape index (κ1) is 21.4. The maximum atomic E-state index is 10.5. The van der Waals surface area contributed by atoms with Crippen LogP contribution in [0.5, 0.6) is 17.2 Å². The van der Waals surface area contributed by atoms with Gasteiger partial charge in [0, 0.05) is 6.61 Å². The fourth-order valence-electron chi connectivity index (χ4n) is 3.03. The average Bonchev–Trinajstić information content (AvgIpc) is 2.74. The zero-order valence-corrected chi connectivity index (χ0v) is 17.0. The summed E-state index contributed by atoms with van der Waals surface area (Å²) in [6.45, 7) is 2.98. The Morgan fingerprint density at radius 3 is 2.33 bits per heavy atom. The average molecular weight is 406 g/mol. The van der Waals surface area contributed by atoms with Crippen LogP contribution in [-0.4, -0.2) is 24.3 Å². The largest absolute Gasteiger partial charge is 0.482 e. The smallest absolute Gasteiger partial charge is 0.341 e. The highest BCUT2D eigenvalue weighted by atomic mass is 16.5. The number of carboxylic acids is 1. The van der Waals surface area contributed by atoms with E-state index in [-0.39, 0.29) is 6.61 Å². The van der Waals surface area contributed by atoms with Gasteiger partial charge >= 0.3 is 5.97 Å². The third-order valence-electron chi connectivity index (χ3n) is 4.42. The summed E-state index contributed by atoms with van der Waals surface area (Å²) in [6.07, 6.45) is 0.871. The summed E-state index contributed by atoms with van der Waals surface area (Å²) in [4.78, 5) is 10.5. The van der Waals surface area contributed by atoms with Crippen molar-refractivity contribution in [3.05, 3.63) is 90.0 Å². The molecule has 0 aliphatic heterocycles. The van der Waals surface area contributed by atoms with Gasteiger partial charge in [0.15, 0.2) is 6.61 Å². The molecular weight excluding hydrogens is 380 g/mol.